The predicted octanol–water partition coefficient (Wildman–Crippen LogP) is 0.997. The van der Waals surface area contributed by atoms with Crippen LogP contribution in [0.5, 0.6) is 0 Å². The van der Waals surface area contributed by atoms with Crippen LogP contribution in [0.2, 0.25) is 0 Å². The van der Waals surface area contributed by atoms with Gasteiger partial charge in [-0.2, -0.15) is 0 Å². The molecule has 1 aliphatic rings. The Morgan fingerprint density at radius 3 is 2.38 bits per heavy atom. The molecule has 0 saturated carbocycles. The Hall–Kier alpha value is -0.610. The highest BCUT2D eigenvalue weighted by Crippen LogP contribution is 2.15. The lowest BCUT2D eigenvalue weighted by Gasteiger charge is -2.33. The fraction of sp³-hybridized carbons (Fsp3) is 0.917. The van der Waals surface area contributed by atoms with Gasteiger partial charge >= 0.3 is 0 Å². The monoisotopic (exact) mass is 228 g/mol. The molecule has 4 heteroatoms. The van der Waals surface area contributed by atoms with Gasteiger partial charge in [0.25, 0.3) is 0 Å². The van der Waals surface area contributed by atoms with Crippen LogP contribution in [0.15, 0.2) is 0 Å². The largest absolute Gasteiger partial charge is 0.378 e. The zero-order valence-corrected chi connectivity index (χ0v) is 10.6. The number of nitrogens with two attached hydrogens (primary N) is 1. The van der Waals surface area contributed by atoms with E-state index >= 15 is 0 Å². The fourth-order valence-electron chi connectivity index (χ4n) is 1.86. The molecule has 1 amide bonds. The molecule has 4 nitrogen and oxygen atoms in total. The van der Waals surface area contributed by atoms with Gasteiger partial charge in [0, 0.05) is 19.7 Å². The molecule has 1 rings (SSSR count). The number of carbonyl (C=O) groups is 1. The molecule has 0 aromatic rings. The molecule has 0 radical (unpaired) electrons. The lowest BCUT2D eigenvalue weighted by atomic mass is 10.1. The number of hydrogen-bond acceptors (Lipinski definition) is 3. The number of carbonyl (C=O) groups excluding carboxylic acids is 1. The zero-order valence-electron chi connectivity index (χ0n) is 10.6. The first kappa shape index (κ1) is 13.5. The average Bonchev–Trinajstić information content (AvgIpc) is 2.26. The van der Waals surface area contributed by atoms with Gasteiger partial charge in [-0.3, -0.25) is 4.79 Å². The first-order chi connectivity index (χ1) is 7.50. The van der Waals surface area contributed by atoms with Crippen LogP contribution in [-0.4, -0.2) is 42.6 Å². The molecule has 1 fully saturated rings. The topological polar surface area (TPSA) is 55.6 Å². The third-order valence-electron chi connectivity index (χ3n) is 2.81. The Morgan fingerprint density at radius 2 is 1.94 bits per heavy atom. The van der Waals surface area contributed by atoms with Crippen LogP contribution < -0.4 is 5.73 Å². The van der Waals surface area contributed by atoms with E-state index < -0.39 is 0 Å². The Kier molecular flexibility index (Phi) is 5.22. The smallest absolute Gasteiger partial charge is 0.239 e. The maximum atomic E-state index is 11.6. The summed E-state index contributed by atoms with van der Waals surface area (Å²) in [6, 6.07) is -0.381. The molecule has 0 aromatic heterocycles. The van der Waals surface area contributed by atoms with Crippen LogP contribution in [-0.2, 0) is 9.53 Å². The lowest BCUT2D eigenvalue weighted by molar-refractivity contribution is -0.135. The van der Waals surface area contributed by atoms with E-state index in [-0.39, 0.29) is 11.9 Å². The molecule has 94 valence electrons. The van der Waals surface area contributed by atoms with Crippen molar-refractivity contribution >= 4 is 5.91 Å². The normalized spacial score (nSPS) is 20.2. The predicted molar refractivity (Wildman–Crippen MR) is 64.0 cm³/mol. The third-order valence-corrected chi connectivity index (χ3v) is 2.81. The van der Waals surface area contributed by atoms with Gasteiger partial charge in [-0.15, -0.1) is 0 Å². The highest BCUT2D eigenvalue weighted by atomic mass is 16.5. The SMILES string of the molecule is CC(C)COC1CCN(C(=O)[C@@H](C)N)CC1. The number of rotatable bonds is 4. The van der Waals surface area contributed by atoms with Crippen LogP contribution in [0, 0.1) is 5.92 Å². The highest BCUT2D eigenvalue weighted by Gasteiger charge is 2.24. The molecule has 1 saturated heterocycles. The Balaban J connectivity index is 2.26. The molecule has 1 aliphatic heterocycles. The second kappa shape index (κ2) is 6.21. The summed E-state index contributed by atoms with van der Waals surface area (Å²) in [7, 11) is 0. The molecule has 0 unspecified atom stereocenters. The Morgan fingerprint density at radius 1 is 1.38 bits per heavy atom. The molecule has 1 atom stereocenters. The van der Waals surface area contributed by atoms with Crippen molar-refractivity contribution < 1.29 is 9.53 Å². The van der Waals surface area contributed by atoms with E-state index in [9.17, 15) is 4.79 Å². The van der Waals surface area contributed by atoms with Crippen molar-refractivity contribution in [2.24, 2.45) is 11.7 Å². The van der Waals surface area contributed by atoms with Crippen LogP contribution in [0.25, 0.3) is 0 Å². The van der Waals surface area contributed by atoms with Crippen LogP contribution >= 0.6 is 0 Å². The molecular weight excluding hydrogens is 204 g/mol. The molecule has 0 aromatic carbocycles. The van der Waals surface area contributed by atoms with Gasteiger partial charge < -0.3 is 15.4 Å². The minimum atomic E-state index is -0.381. The number of likely N-dealkylation sites (tertiary alicyclic amines) is 1. The molecule has 0 spiro atoms. The molecule has 1 heterocycles. The number of nitrogens with zero attached hydrogens (tertiary/aromatic N) is 1. The fourth-order valence-corrected chi connectivity index (χ4v) is 1.86. The van der Waals surface area contributed by atoms with Gasteiger partial charge in [0.1, 0.15) is 0 Å². The van der Waals surface area contributed by atoms with Crippen molar-refractivity contribution in [2.75, 3.05) is 19.7 Å². The molecule has 0 bridgehead atoms. The summed E-state index contributed by atoms with van der Waals surface area (Å²) >= 11 is 0. The highest BCUT2D eigenvalue weighted by molar-refractivity contribution is 5.81. The van der Waals surface area contributed by atoms with Crippen molar-refractivity contribution in [1.29, 1.82) is 0 Å². The Labute approximate surface area is 98.1 Å². The van der Waals surface area contributed by atoms with Gasteiger partial charge in [0.15, 0.2) is 0 Å². The van der Waals surface area contributed by atoms with Gasteiger partial charge in [0.2, 0.25) is 5.91 Å². The number of amides is 1. The molecule has 2 N–H and O–H groups in total. The van der Waals surface area contributed by atoms with Crippen molar-refractivity contribution in [3.05, 3.63) is 0 Å². The molecule has 0 aliphatic carbocycles. The lowest BCUT2D eigenvalue weighted by Crippen LogP contribution is -2.47. The summed E-state index contributed by atoms with van der Waals surface area (Å²) in [5.74, 6) is 0.631. The van der Waals surface area contributed by atoms with Crippen molar-refractivity contribution in [3.8, 4) is 0 Å². The number of ether oxygens (including phenoxy) is 1. The van der Waals surface area contributed by atoms with Gasteiger partial charge in [-0.25, -0.2) is 0 Å². The van der Waals surface area contributed by atoms with Gasteiger partial charge in [-0.1, -0.05) is 13.8 Å². The summed E-state index contributed by atoms with van der Waals surface area (Å²) in [4.78, 5) is 13.5. The summed E-state index contributed by atoms with van der Waals surface area (Å²) in [5.41, 5.74) is 5.58. The van der Waals surface area contributed by atoms with Crippen molar-refractivity contribution in [2.45, 2.75) is 45.8 Å². The summed E-state index contributed by atoms with van der Waals surface area (Å²) in [5, 5.41) is 0. The van der Waals surface area contributed by atoms with E-state index in [1.807, 2.05) is 4.90 Å². The van der Waals surface area contributed by atoms with E-state index in [2.05, 4.69) is 13.8 Å². The first-order valence-electron chi connectivity index (χ1n) is 6.16. The van der Waals surface area contributed by atoms with Crippen molar-refractivity contribution in [1.82, 2.24) is 4.90 Å². The quantitative estimate of drug-likeness (QED) is 0.781. The Bertz CT molecular complexity index is 221. The van der Waals surface area contributed by atoms with E-state index in [4.69, 9.17) is 10.5 Å². The summed E-state index contributed by atoms with van der Waals surface area (Å²) in [6.45, 7) is 8.41. The van der Waals surface area contributed by atoms with Crippen LogP contribution in [0.1, 0.15) is 33.6 Å². The molecular formula is C12H24N2O2. The van der Waals surface area contributed by atoms with E-state index in [1.54, 1.807) is 6.92 Å². The zero-order chi connectivity index (χ0) is 12.1. The van der Waals surface area contributed by atoms with E-state index in [1.165, 1.54) is 0 Å². The summed E-state index contributed by atoms with van der Waals surface area (Å²) < 4.78 is 5.76. The standard InChI is InChI=1S/C12H24N2O2/c1-9(2)8-16-11-4-6-14(7-5-11)12(15)10(3)13/h9-11H,4-8,13H2,1-3H3/t10-/m1/s1. The molecule has 16 heavy (non-hydrogen) atoms. The number of hydrogen-bond donors (Lipinski definition) is 1. The maximum Gasteiger partial charge on any atom is 0.239 e. The van der Waals surface area contributed by atoms with E-state index in [0.29, 0.717) is 12.0 Å². The van der Waals surface area contributed by atoms with Crippen LogP contribution in [0.4, 0.5) is 0 Å². The second-order valence-corrected chi connectivity index (χ2v) is 5.04. The average molecular weight is 228 g/mol. The summed E-state index contributed by atoms with van der Waals surface area (Å²) in [6.07, 6.45) is 2.19. The van der Waals surface area contributed by atoms with Gasteiger partial charge in [-0.05, 0) is 25.7 Å². The maximum absolute atomic E-state index is 11.6. The van der Waals surface area contributed by atoms with E-state index in [0.717, 1.165) is 32.5 Å². The minimum Gasteiger partial charge on any atom is -0.378 e. The van der Waals surface area contributed by atoms with Crippen molar-refractivity contribution in [3.63, 3.8) is 0 Å². The number of piperidine rings is 1. The minimum absolute atomic E-state index is 0.0577. The first-order valence-corrected chi connectivity index (χ1v) is 6.16. The second-order valence-electron chi connectivity index (χ2n) is 5.04. The van der Waals surface area contributed by atoms with Gasteiger partial charge in [0.05, 0.1) is 12.1 Å². The third kappa shape index (κ3) is 4.10. The van der Waals surface area contributed by atoms with Crippen LogP contribution in [0.3, 0.4) is 0 Å².